The summed E-state index contributed by atoms with van der Waals surface area (Å²) in [6.07, 6.45) is -3.05. The van der Waals surface area contributed by atoms with Crippen molar-refractivity contribution >= 4 is 0 Å². The van der Waals surface area contributed by atoms with E-state index in [1.807, 2.05) is 12.1 Å². The van der Waals surface area contributed by atoms with Crippen LogP contribution in [-0.2, 0) is 12.6 Å². The van der Waals surface area contributed by atoms with Gasteiger partial charge in [-0.3, -0.25) is 4.90 Å². The number of ether oxygens (including phenoxy) is 3. The average molecular weight is 423 g/mol. The molecule has 0 N–H and O–H groups in total. The minimum Gasteiger partial charge on any atom is -0.484 e. The third-order valence-corrected chi connectivity index (χ3v) is 5.61. The number of fused-ring (bicyclic) bond motifs is 1. The first-order chi connectivity index (χ1) is 14.3. The van der Waals surface area contributed by atoms with Crippen molar-refractivity contribution in [2.45, 2.75) is 32.0 Å². The molecule has 0 amide bonds. The number of rotatable bonds is 5. The van der Waals surface area contributed by atoms with Crippen LogP contribution in [0.15, 0.2) is 24.3 Å². The van der Waals surface area contributed by atoms with Gasteiger partial charge in [0, 0.05) is 18.7 Å². The van der Waals surface area contributed by atoms with E-state index in [1.54, 1.807) is 6.07 Å². The molecule has 4 rings (SSSR count). The predicted octanol–water partition coefficient (Wildman–Crippen LogP) is 3.90. The SMILES string of the molecule is COc1cc(C[C@H]2CCN(C(C)c3ccc4c(n3)OCCO4)C2)cc(C(F)(F)F)n1. The number of halogens is 3. The molecule has 0 bridgehead atoms. The molecule has 0 aromatic carbocycles. The Labute approximate surface area is 173 Å². The molecule has 2 aromatic heterocycles. The molecular weight excluding hydrogens is 399 g/mol. The van der Waals surface area contributed by atoms with Gasteiger partial charge < -0.3 is 14.2 Å². The largest absolute Gasteiger partial charge is 0.484 e. The van der Waals surface area contributed by atoms with Crippen LogP contribution >= 0.6 is 0 Å². The Morgan fingerprint density at radius 2 is 2.00 bits per heavy atom. The molecule has 2 atom stereocenters. The Balaban J connectivity index is 1.43. The number of pyridine rings is 2. The van der Waals surface area contributed by atoms with Crippen molar-refractivity contribution in [1.82, 2.24) is 14.9 Å². The van der Waals surface area contributed by atoms with Gasteiger partial charge in [-0.25, -0.2) is 9.97 Å². The number of hydrogen-bond donors (Lipinski definition) is 0. The first-order valence-electron chi connectivity index (χ1n) is 9.96. The van der Waals surface area contributed by atoms with Crippen LogP contribution in [0, 0.1) is 5.92 Å². The van der Waals surface area contributed by atoms with Gasteiger partial charge in [0.2, 0.25) is 5.88 Å². The highest BCUT2D eigenvalue weighted by Crippen LogP contribution is 2.34. The summed E-state index contributed by atoms with van der Waals surface area (Å²) >= 11 is 0. The second kappa shape index (κ2) is 8.29. The summed E-state index contributed by atoms with van der Waals surface area (Å²) in [7, 11) is 1.32. The van der Waals surface area contributed by atoms with Gasteiger partial charge in [-0.2, -0.15) is 13.2 Å². The number of alkyl halides is 3. The van der Waals surface area contributed by atoms with Gasteiger partial charge in [0.1, 0.15) is 18.9 Å². The van der Waals surface area contributed by atoms with Gasteiger partial charge in [0.25, 0.3) is 5.88 Å². The van der Waals surface area contributed by atoms with E-state index < -0.39 is 11.9 Å². The molecule has 1 unspecified atom stereocenters. The number of aromatic nitrogens is 2. The van der Waals surface area contributed by atoms with Crippen molar-refractivity contribution in [3.05, 3.63) is 41.2 Å². The van der Waals surface area contributed by atoms with Crippen LogP contribution in [0.4, 0.5) is 13.2 Å². The summed E-state index contributed by atoms with van der Waals surface area (Å²) < 4.78 is 55.4. The zero-order valence-corrected chi connectivity index (χ0v) is 16.9. The first kappa shape index (κ1) is 20.7. The Morgan fingerprint density at radius 3 is 2.77 bits per heavy atom. The van der Waals surface area contributed by atoms with Crippen molar-refractivity contribution < 1.29 is 27.4 Å². The van der Waals surface area contributed by atoms with Gasteiger partial charge in [0.05, 0.1) is 12.8 Å². The number of nitrogens with zero attached hydrogens (tertiary/aromatic N) is 3. The minimum atomic E-state index is -4.50. The lowest BCUT2D eigenvalue weighted by Crippen LogP contribution is -2.26. The van der Waals surface area contributed by atoms with E-state index in [0.717, 1.165) is 31.3 Å². The first-order valence-corrected chi connectivity index (χ1v) is 9.96. The van der Waals surface area contributed by atoms with Crippen molar-refractivity contribution in [3.63, 3.8) is 0 Å². The van der Waals surface area contributed by atoms with Crippen LogP contribution in [0.5, 0.6) is 17.5 Å². The highest BCUT2D eigenvalue weighted by Gasteiger charge is 2.34. The lowest BCUT2D eigenvalue weighted by Gasteiger charge is -2.25. The lowest BCUT2D eigenvalue weighted by atomic mass is 9.98. The van der Waals surface area contributed by atoms with Crippen molar-refractivity contribution in [3.8, 4) is 17.5 Å². The fraction of sp³-hybridized carbons (Fsp3) is 0.524. The molecule has 2 aliphatic rings. The Morgan fingerprint density at radius 1 is 1.20 bits per heavy atom. The van der Waals surface area contributed by atoms with E-state index in [2.05, 4.69) is 21.8 Å². The molecule has 30 heavy (non-hydrogen) atoms. The molecule has 6 nitrogen and oxygen atoms in total. The summed E-state index contributed by atoms with van der Waals surface area (Å²) in [4.78, 5) is 10.4. The van der Waals surface area contributed by atoms with Crippen LogP contribution in [0.3, 0.4) is 0 Å². The molecule has 1 fully saturated rings. The van der Waals surface area contributed by atoms with Crippen LogP contribution in [0.1, 0.15) is 36.3 Å². The smallest absolute Gasteiger partial charge is 0.433 e. The van der Waals surface area contributed by atoms with Gasteiger partial charge in [0.15, 0.2) is 5.75 Å². The van der Waals surface area contributed by atoms with E-state index in [4.69, 9.17) is 14.2 Å². The van der Waals surface area contributed by atoms with Gasteiger partial charge in [-0.1, -0.05) is 0 Å². The molecule has 162 valence electrons. The standard InChI is InChI=1S/C21H24F3N3O3/c1-13(16-3-4-17-20(25-16)30-8-7-29-17)27-6-5-14(12-27)9-15-10-18(21(22,23)24)26-19(11-15)28-2/h3-4,10-11,13-14H,5-9,12H2,1-2H3/t13?,14-/m1/s1. The summed E-state index contributed by atoms with van der Waals surface area (Å²) in [6, 6.07) is 6.60. The summed E-state index contributed by atoms with van der Waals surface area (Å²) in [5.41, 5.74) is 0.566. The van der Waals surface area contributed by atoms with E-state index >= 15 is 0 Å². The minimum absolute atomic E-state index is 0.0106. The van der Waals surface area contributed by atoms with Gasteiger partial charge >= 0.3 is 6.18 Å². The fourth-order valence-electron chi connectivity index (χ4n) is 4.01. The van der Waals surface area contributed by atoms with Gasteiger partial charge in [-0.15, -0.1) is 0 Å². The third kappa shape index (κ3) is 4.45. The molecule has 0 aliphatic carbocycles. The Hall–Kier alpha value is -2.55. The Bertz CT molecular complexity index is 907. The van der Waals surface area contributed by atoms with Gasteiger partial charge in [-0.05, 0) is 56.0 Å². The van der Waals surface area contributed by atoms with E-state index in [-0.39, 0.29) is 17.8 Å². The van der Waals surface area contributed by atoms with Crippen LogP contribution in [0.2, 0.25) is 0 Å². The quantitative estimate of drug-likeness (QED) is 0.727. The zero-order chi connectivity index (χ0) is 21.3. The molecular formula is C21H24F3N3O3. The fourth-order valence-corrected chi connectivity index (χ4v) is 4.01. The van der Waals surface area contributed by atoms with Crippen molar-refractivity contribution in [1.29, 1.82) is 0 Å². The molecule has 9 heteroatoms. The van der Waals surface area contributed by atoms with Crippen LogP contribution < -0.4 is 14.2 Å². The van der Waals surface area contributed by atoms with E-state index in [0.29, 0.717) is 36.8 Å². The van der Waals surface area contributed by atoms with Crippen molar-refractivity contribution in [2.24, 2.45) is 5.92 Å². The molecule has 1 saturated heterocycles. The van der Waals surface area contributed by atoms with E-state index in [9.17, 15) is 13.2 Å². The van der Waals surface area contributed by atoms with Crippen molar-refractivity contribution in [2.75, 3.05) is 33.4 Å². The van der Waals surface area contributed by atoms with Crippen LogP contribution in [0.25, 0.3) is 0 Å². The normalized spacial score (nSPS) is 20.2. The summed E-state index contributed by atoms with van der Waals surface area (Å²) in [5.74, 6) is 1.41. The second-order valence-electron chi connectivity index (χ2n) is 7.67. The van der Waals surface area contributed by atoms with Crippen LogP contribution in [-0.4, -0.2) is 48.3 Å². The maximum Gasteiger partial charge on any atom is 0.433 e. The zero-order valence-electron chi connectivity index (χ0n) is 16.9. The average Bonchev–Trinajstić information content (AvgIpc) is 3.20. The monoisotopic (exact) mass is 423 g/mol. The number of methoxy groups -OCH3 is 1. The second-order valence-corrected chi connectivity index (χ2v) is 7.67. The molecule has 0 radical (unpaired) electrons. The topological polar surface area (TPSA) is 56.7 Å². The number of likely N-dealkylation sites (tertiary alicyclic amines) is 1. The lowest BCUT2D eigenvalue weighted by molar-refractivity contribution is -0.141. The maximum atomic E-state index is 13.1. The maximum absolute atomic E-state index is 13.1. The summed E-state index contributed by atoms with van der Waals surface area (Å²) in [6.45, 7) is 4.73. The molecule has 2 aliphatic heterocycles. The summed E-state index contributed by atoms with van der Waals surface area (Å²) in [5, 5.41) is 0. The molecule has 0 spiro atoms. The highest BCUT2D eigenvalue weighted by molar-refractivity contribution is 5.36. The third-order valence-electron chi connectivity index (χ3n) is 5.61. The highest BCUT2D eigenvalue weighted by atomic mass is 19.4. The molecule has 0 saturated carbocycles. The number of hydrogen-bond acceptors (Lipinski definition) is 6. The molecule has 2 aromatic rings. The van der Waals surface area contributed by atoms with E-state index in [1.165, 1.54) is 7.11 Å². The Kier molecular flexibility index (Phi) is 5.73. The molecule has 4 heterocycles. The predicted molar refractivity (Wildman–Crippen MR) is 103 cm³/mol.